The number of aromatic amines is 1. The first kappa shape index (κ1) is 16.6. The highest BCUT2D eigenvalue weighted by atomic mass is 32.2. The molecule has 0 amide bonds. The number of pyridine rings is 1. The molecule has 0 aliphatic carbocycles. The van der Waals surface area contributed by atoms with Gasteiger partial charge in [0.2, 0.25) is 0 Å². The van der Waals surface area contributed by atoms with Crippen LogP contribution in [0.1, 0.15) is 35.7 Å². The minimum Gasteiger partial charge on any atom is -0.378 e. The molecule has 1 N–H and O–H groups in total. The molecule has 1 heterocycles. The topological polar surface area (TPSA) is 53.2 Å². The van der Waals surface area contributed by atoms with Crippen LogP contribution in [0.3, 0.4) is 0 Å². The lowest BCUT2D eigenvalue weighted by atomic mass is 10.0. The summed E-state index contributed by atoms with van der Waals surface area (Å²) >= 11 is 1.77. The Kier molecular flexibility index (Phi) is 5.66. The lowest BCUT2D eigenvalue weighted by molar-refractivity contribution is 0.112. The van der Waals surface area contributed by atoms with Crippen LogP contribution in [0.15, 0.2) is 23.0 Å². The fraction of sp³-hybridized carbons (Fsp3) is 0.412. The number of benzene rings is 1. The lowest BCUT2D eigenvalue weighted by Gasteiger charge is -2.15. The molecular weight excluding hydrogens is 296 g/mol. The number of aromatic nitrogens is 1. The van der Waals surface area contributed by atoms with Crippen LogP contribution in [-0.2, 0) is 5.75 Å². The van der Waals surface area contributed by atoms with Gasteiger partial charge in [-0.1, -0.05) is 19.4 Å². The van der Waals surface area contributed by atoms with Crippen molar-refractivity contribution in [3.05, 3.63) is 39.7 Å². The van der Waals surface area contributed by atoms with Crippen molar-refractivity contribution in [2.75, 3.05) is 24.7 Å². The maximum absolute atomic E-state index is 12.1. The first-order chi connectivity index (χ1) is 10.6. The molecule has 0 saturated carbocycles. The van der Waals surface area contributed by atoms with Crippen molar-refractivity contribution in [3.8, 4) is 0 Å². The zero-order chi connectivity index (χ0) is 16.1. The predicted molar refractivity (Wildman–Crippen MR) is 95.4 cm³/mol. The third kappa shape index (κ3) is 3.53. The molecule has 0 aliphatic heterocycles. The van der Waals surface area contributed by atoms with Crippen LogP contribution in [0.25, 0.3) is 10.9 Å². The molecule has 0 spiro atoms. The number of carbonyl (C=O) groups is 1. The summed E-state index contributed by atoms with van der Waals surface area (Å²) in [5.74, 6) is 1.73. The van der Waals surface area contributed by atoms with Gasteiger partial charge in [0.05, 0.1) is 11.1 Å². The average Bonchev–Trinajstić information content (AvgIpc) is 2.50. The highest BCUT2D eigenvalue weighted by molar-refractivity contribution is 7.98. The largest absolute Gasteiger partial charge is 0.378 e. The van der Waals surface area contributed by atoms with E-state index in [1.807, 2.05) is 37.2 Å². The molecule has 0 saturated heterocycles. The van der Waals surface area contributed by atoms with Crippen LogP contribution in [0.4, 0.5) is 5.69 Å². The zero-order valence-electron chi connectivity index (χ0n) is 13.3. The Morgan fingerprint density at radius 2 is 2.09 bits per heavy atom. The van der Waals surface area contributed by atoms with Gasteiger partial charge in [-0.2, -0.15) is 11.8 Å². The number of H-pyrrole nitrogens is 1. The summed E-state index contributed by atoms with van der Waals surface area (Å²) in [7, 11) is 3.92. The lowest BCUT2D eigenvalue weighted by Crippen LogP contribution is -2.16. The van der Waals surface area contributed by atoms with E-state index >= 15 is 0 Å². The number of thioether (sulfide) groups is 1. The summed E-state index contributed by atoms with van der Waals surface area (Å²) in [6, 6.07) is 5.95. The van der Waals surface area contributed by atoms with Crippen molar-refractivity contribution in [3.63, 3.8) is 0 Å². The summed E-state index contributed by atoms with van der Waals surface area (Å²) in [5, 5.41) is 0.955. The number of nitrogens with one attached hydrogen (secondary N) is 1. The van der Waals surface area contributed by atoms with E-state index in [-0.39, 0.29) is 11.1 Å². The van der Waals surface area contributed by atoms with Crippen LogP contribution in [0, 0.1) is 0 Å². The van der Waals surface area contributed by atoms with E-state index in [9.17, 15) is 9.59 Å². The molecule has 4 nitrogen and oxygen atoms in total. The Morgan fingerprint density at radius 1 is 1.32 bits per heavy atom. The summed E-state index contributed by atoms with van der Waals surface area (Å²) in [6.45, 7) is 2.16. The maximum atomic E-state index is 12.1. The molecule has 0 aliphatic rings. The first-order valence-corrected chi connectivity index (χ1v) is 8.63. The summed E-state index contributed by atoms with van der Waals surface area (Å²) in [4.78, 5) is 28.3. The average molecular weight is 318 g/mol. The van der Waals surface area contributed by atoms with Crippen molar-refractivity contribution in [2.24, 2.45) is 0 Å². The fourth-order valence-corrected chi connectivity index (χ4v) is 3.50. The first-order valence-electron chi connectivity index (χ1n) is 7.47. The molecule has 5 heteroatoms. The number of rotatable bonds is 7. The number of aldehydes is 1. The minimum absolute atomic E-state index is 0.258. The second-order valence-corrected chi connectivity index (χ2v) is 6.60. The predicted octanol–water partition coefficient (Wildman–Crippen LogP) is 3.44. The third-order valence-corrected chi connectivity index (χ3v) is 4.74. The molecule has 0 bridgehead atoms. The molecule has 0 radical (unpaired) electrons. The maximum Gasteiger partial charge on any atom is 0.259 e. The van der Waals surface area contributed by atoms with E-state index in [0.717, 1.165) is 40.7 Å². The number of unbranched alkanes of at least 4 members (excludes halogenated alkanes) is 1. The monoisotopic (exact) mass is 318 g/mol. The van der Waals surface area contributed by atoms with Gasteiger partial charge in [-0.15, -0.1) is 0 Å². The highest BCUT2D eigenvalue weighted by Crippen LogP contribution is 2.26. The van der Waals surface area contributed by atoms with E-state index in [0.29, 0.717) is 12.0 Å². The Bertz CT molecular complexity index is 722. The van der Waals surface area contributed by atoms with Gasteiger partial charge < -0.3 is 9.88 Å². The standard InChI is InChI=1S/C17H22N2O2S/c1-4-5-8-22-11-15-13-7-6-12(19(2)3)9-16(13)18-17(21)14(15)10-20/h6-7,9-10H,4-5,8,11H2,1-3H3,(H,18,21). The van der Waals surface area contributed by atoms with Crippen LogP contribution < -0.4 is 10.5 Å². The number of hydrogen-bond acceptors (Lipinski definition) is 4. The third-order valence-electron chi connectivity index (χ3n) is 3.67. The van der Waals surface area contributed by atoms with Gasteiger partial charge in [0.15, 0.2) is 6.29 Å². The normalized spacial score (nSPS) is 10.9. The van der Waals surface area contributed by atoms with Gasteiger partial charge in [-0.05, 0) is 29.9 Å². The number of anilines is 1. The van der Waals surface area contributed by atoms with E-state index in [1.54, 1.807) is 11.8 Å². The van der Waals surface area contributed by atoms with E-state index in [1.165, 1.54) is 0 Å². The molecule has 0 fully saturated rings. The second-order valence-electron chi connectivity index (χ2n) is 5.49. The molecule has 2 rings (SSSR count). The molecule has 1 aromatic heterocycles. The van der Waals surface area contributed by atoms with E-state index < -0.39 is 0 Å². The van der Waals surface area contributed by atoms with E-state index in [4.69, 9.17) is 0 Å². The Hall–Kier alpha value is -1.75. The van der Waals surface area contributed by atoms with Crippen molar-refractivity contribution in [2.45, 2.75) is 25.5 Å². The van der Waals surface area contributed by atoms with Gasteiger partial charge in [-0.3, -0.25) is 9.59 Å². The molecule has 1 aromatic carbocycles. The quantitative estimate of drug-likeness (QED) is 0.627. The Morgan fingerprint density at radius 3 is 2.73 bits per heavy atom. The number of carbonyl (C=O) groups excluding carboxylic acids is 1. The van der Waals surface area contributed by atoms with Gasteiger partial charge in [0.1, 0.15) is 0 Å². The Balaban J connectivity index is 2.49. The SMILES string of the molecule is CCCCSCc1c(C=O)c(=O)[nH]c2cc(N(C)C)ccc12. The smallest absolute Gasteiger partial charge is 0.259 e. The van der Waals surface area contributed by atoms with Crippen LogP contribution in [0.5, 0.6) is 0 Å². The van der Waals surface area contributed by atoms with Gasteiger partial charge in [-0.25, -0.2) is 0 Å². The molecule has 0 atom stereocenters. The van der Waals surface area contributed by atoms with Crippen molar-refractivity contribution >= 4 is 34.6 Å². The van der Waals surface area contributed by atoms with Gasteiger partial charge in [0.25, 0.3) is 5.56 Å². The Labute approximate surface area is 134 Å². The number of nitrogens with zero attached hydrogens (tertiary/aromatic N) is 1. The minimum atomic E-state index is -0.301. The zero-order valence-corrected chi connectivity index (χ0v) is 14.1. The molecule has 118 valence electrons. The molecule has 22 heavy (non-hydrogen) atoms. The van der Waals surface area contributed by atoms with E-state index in [2.05, 4.69) is 11.9 Å². The molecule has 0 unspecified atom stereocenters. The van der Waals surface area contributed by atoms with Gasteiger partial charge in [0, 0.05) is 30.9 Å². The van der Waals surface area contributed by atoms with Crippen molar-refractivity contribution < 1.29 is 4.79 Å². The van der Waals surface area contributed by atoms with Crippen molar-refractivity contribution in [1.29, 1.82) is 0 Å². The molecule has 2 aromatic rings. The van der Waals surface area contributed by atoms with Gasteiger partial charge >= 0.3 is 0 Å². The second kappa shape index (κ2) is 7.49. The summed E-state index contributed by atoms with van der Waals surface area (Å²) in [6.07, 6.45) is 2.97. The van der Waals surface area contributed by atoms with Crippen molar-refractivity contribution in [1.82, 2.24) is 4.98 Å². The van der Waals surface area contributed by atoms with Crippen LogP contribution in [0.2, 0.25) is 0 Å². The summed E-state index contributed by atoms with van der Waals surface area (Å²) < 4.78 is 0. The molecular formula is C17H22N2O2S. The van der Waals surface area contributed by atoms with Crippen LogP contribution >= 0.6 is 11.8 Å². The number of hydrogen-bond donors (Lipinski definition) is 1. The fourth-order valence-electron chi connectivity index (χ4n) is 2.35. The summed E-state index contributed by atoms with van der Waals surface area (Å²) in [5.41, 5.74) is 2.61. The van der Waals surface area contributed by atoms with Crippen LogP contribution in [-0.4, -0.2) is 31.1 Å². The highest BCUT2D eigenvalue weighted by Gasteiger charge is 2.13. The number of fused-ring (bicyclic) bond motifs is 1.